The van der Waals surface area contributed by atoms with Gasteiger partial charge in [-0.1, -0.05) is 18.2 Å². The van der Waals surface area contributed by atoms with Gasteiger partial charge in [-0.05, 0) is 6.07 Å². The number of nitrogen functional groups attached to an aromatic ring is 1. The summed E-state index contributed by atoms with van der Waals surface area (Å²) in [4.78, 5) is 4.32. The number of rotatable bonds is 0. The fraction of sp³-hybridized carbons (Fsp3) is 0.0909. The molecule has 2 N–H and O–H groups in total. The molecule has 0 aliphatic heterocycles. The standard InChI is InChI=1S/C11H10N4/c1-15-6-8-7-4-2-3-5-9(7)13-11(12)10(8)14-15/h2-6H,1H3,(H2,12,13). The van der Waals surface area contributed by atoms with E-state index in [4.69, 9.17) is 5.73 Å². The maximum atomic E-state index is 5.85. The molecule has 0 aliphatic rings. The van der Waals surface area contributed by atoms with Crippen LogP contribution in [0.5, 0.6) is 0 Å². The van der Waals surface area contributed by atoms with Crippen molar-refractivity contribution in [3.8, 4) is 0 Å². The maximum absolute atomic E-state index is 5.85. The van der Waals surface area contributed by atoms with Gasteiger partial charge in [0, 0.05) is 24.0 Å². The average Bonchev–Trinajstić information content (AvgIpc) is 2.61. The minimum absolute atomic E-state index is 0.490. The predicted molar refractivity (Wildman–Crippen MR) is 60.4 cm³/mol. The molecule has 15 heavy (non-hydrogen) atoms. The quantitative estimate of drug-likeness (QED) is 0.598. The van der Waals surface area contributed by atoms with Crippen molar-refractivity contribution >= 4 is 27.6 Å². The van der Waals surface area contributed by atoms with Gasteiger partial charge in [0.25, 0.3) is 0 Å². The zero-order chi connectivity index (χ0) is 10.4. The molecule has 1 aromatic carbocycles. The Hall–Kier alpha value is -2.10. The second-order valence-electron chi connectivity index (χ2n) is 3.58. The Labute approximate surface area is 86.3 Å². The second-order valence-corrected chi connectivity index (χ2v) is 3.58. The van der Waals surface area contributed by atoms with E-state index in [1.54, 1.807) is 4.68 Å². The zero-order valence-corrected chi connectivity index (χ0v) is 8.31. The van der Waals surface area contributed by atoms with Gasteiger partial charge < -0.3 is 5.73 Å². The Morgan fingerprint density at radius 2 is 2.00 bits per heavy atom. The van der Waals surface area contributed by atoms with Gasteiger partial charge in [-0.3, -0.25) is 4.68 Å². The van der Waals surface area contributed by atoms with Gasteiger partial charge >= 0.3 is 0 Å². The molecule has 0 fully saturated rings. The fourth-order valence-electron chi connectivity index (χ4n) is 1.86. The highest BCUT2D eigenvalue weighted by Gasteiger charge is 2.08. The van der Waals surface area contributed by atoms with Crippen LogP contribution < -0.4 is 5.73 Å². The average molecular weight is 198 g/mol. The first-order chi connectivity index (χ1) is 7.25. The van der Waals surface area contributed by atoms with E-state index in [2.05, 4.69) is 10.1 Å². The Morgan fingerprint density at radius 3 is 2.87 bits per heavy atom. The molecular weight excluding hydrogens is 188 g/mol. The summed E-state index contributed by atoms with van der Waals surface area (Å²) in [6, 6.07) is 7.94. The molecular formula is C11H10N4. The van der Waals surface area contributed by atoms with E-state index >= 15 is 0 Å². The third kappa shape index (κ3) is 1.08. The van der Waals surface area contributed by atoms with E-state index < -0.39 is 0 Å². The number of benzene rings is 1. The van der Waals surface area contributed by atoms with E-state index in [0.29, 0.717) is 5.82 Å². The van der Waals surface area contributed by atoms with Crippen LogP contribution in [0.25, 0.3) is 21.8 Å². The van der Waals surface area contributed by atoms with Crippen LogP contribution in [0.4, 0.5) is 5.82 Å². The number of anilines is 1. The normalized spacial score (nSPS) is 11.3. The van der Waals surface area contributed by atoms with Crippen LogP contribution in [-0.2, 0) is 7.05 Å². The summed E-state index contributed by atoms with van der Waals surface area (Å²) in [5, 5.41) is 6.44. The Kier molecular flexibility index (Phi) is 1.48. The Bertz CT molecular complexity index is 654. The molecule has 0 spiro atoms. The van der Waals surface area contributed by atoms with Crippen molar-refractivity contribution in [1.82, 2.24) is 14.8 Å². The van der Waals surface area contributed by atoms with E-state index in [1.807, 2.05) is 37.5 Å². The summed E-state index contributed by atoms with van der Waals surface area (Å²) in [5.41, 5.74) is 7.54. The lowest BCUT2D eigenvalue weighted by Gasteiger charge is -1.99. The summed E-state index contributed by atoms with van der Waals surface area (Å²) in [5.74, 6) is 0.490. The van der Waals surface area contributed by atoms with E-state index in [1.165, 1.54) is 0 Å². The molecule has 3 rings (SSSR count). The molecule has 2 heterocycles. The topological polar surface area (TPSA) is 56.7 Å². The molecule has 0 atom stereocenters. The highest BCUT2D eigenvalue weighted by atomic mass is 15.3. The van der Waals surface area contributed by atoms with E-state index in [9.17, 15) is 0 Å². The fourth-order valence-corrected chi connectivity index (χ4v) is 1.86. The van der Waals surface area contributed by atoms with Crippen molar-refractivity contribution in [2.45, 2.75) is 0 Å². The second kappa shape index (κ2) is 2.70. The lowest BCUT2D eigenvalue weighted by molar-refractivity contribution is 0.780. The molecule has 74 valence electrons. The van der Waals surface area contributed by atoms with Crippen LogP contribution in [0, 0.1) is 0 Å². The molecule has 2 aromatic heterocycles. The number of nitrogens with two attached hydrogens (primary N) is 1. The van der Waals surface area contributed by atoms with Gasteiger partial charge in [-0.25, -0.2) is 4.98 Å². The van der Waals surface area contributed by atoms with Crippen LogP contribution >= 0.6 is 0 Å². The molecule has 0 saturated carbocycles. The van der Waals surface area contributed by atoms with E-state index in [0.717, 1.165) is 21.8 Å². The first kappa shape index (κ1) is 8.23. The van der Waals surface area contributed by atoms with Gasteiger partial charge in [0.1, 0.15) is 5.52 Å². The van der Waals surface area contributed by atoms with Crippen LogP contribution in [0.2, 0.25) is 0 Å². The minimum atomic E-state index is 0.490. The number of aryl methyl sites for hydroxylation is 1. The number of hydrogen-bond donors (Lipinski definition) is 1. The SMILES string of the molecule is Cn1cc2c(n1)c(N)nc1ccccc12. The lowest BCUT2D eigenvalue weighted by Crippen LogP contribution is -1.93. The molecule has 0 aliphatic carbocycles. The Balaban J connectivity index is 2.63. The van der Waals surface area contributed by atoms with Crippen LogP contribution in [0.15, 0.2) is 30.5 Å². The van der Waals surface area contributed by atoms with Crippen LogP contribution in [0.1, 0.15) is 0 Å². The van der Waals surface area contributed by atoms with Crippen LogP contribution in [-0.4, -0.2) is 14.8 Å². The number of fused-ring (bicyclic) bond motifs is 3. The molecule has 3 aromatic rings. The molecule has 0 amide bonds. The first-order valence-corrected chi connectivity index (χ1v) is 4.73. The number of hydrogen-bond acceptors (Lipinski definition) is 3. The van der Waals surface area contributed by atoms with Crippen molar-refractivity contribution in [2.24, 2.45) is 7.05 Å². The summed E-state index contributed by atoms with van der Waals surface area (Å²) in [6.07, 6.45) is 1.97. The summed E-state index contributed by atoms with van der Waals surface area (Å²) >= 11 is 0. The van der Waals surface area contributed by atoms with Gasteiger partial charge in [0.15, 0.2) is 5.82 Å². The molecule has 0 radical (unpaired) electrons. The minimum Gasteiger partial charge on any atom is -0.382 e. The molecule has 4 nitrogen and oxygen atoms in total. The highest BCUT2D eigenvalue weighted by Crippen LogP contribution is 2.25. The summed E-state index contributed by atoms with van der Waals surface area (Å²) in [7, 11) is 1.88. The number of nitrogens with zero attached hydrogens (tertiary/aromatic N) is 3. The van der Waals surface area contributed by atoms with E-state index in [-0.39, 0.29) is 0 Å². The van der Waals surface area contributed by atoms with Gasteiger partial charge in [0.2, 0.25) is 0 Å². The van der Waals surface area contributed by atoms with Crippen molar-refractivity contribution in [3.63, 3.8) is 0 Å². The van der Waals surface area contributed by atoms with Gasteiger partial charge in [0.05, 0.1) is 5.52 Å². The van der Waals surface area contributed by atoms with Gasteiger partial charge in [-0.2, -0.15) is 5.10 Å². The molecule has 0 bridgehead atoms. The zero-order valence-electron chi connectivity index (χ0n) is 8.31. The monoisotopic (exact) mass is 198 g/mol. The van der Waals surface area contributed by atoms with Crippen molar-refractivity contribution in [2.75, 3.05) is 5.73 Å². The van der Waals surface area contributed by atoms with Crippen LogP contribution in [0.3, 0.4) is 0 Å². The predicted octanol–water partition coefficient (Wildman–Crippen LogP) is 1.70. The smallest absolute Gasteiger partial charge is 0.152 e. The third-order valence-corrected chi connectivity index (χ3v) is 2.51. The number of aromatic nitrogens is 3. The summed E-state index contributed by atoms with van der Waals surface area (Å²) < 4.78 is 1.76. The largest absolute Gasteiger partial charge is 0.382 e. The molecule has 0 saturated heterocycles. The van der Waals surface area contributed by atoms with Crippen molar-refractivity contribution in [3.05, 3.63) is 30.5 Å². The maximum Gasteiger partial charge on any atom is 0.152 e. The summed E-state index contributed by atoms with van der Waals surface area (Å²) in [6.45, 7) is 0. The van der Waals surface area contributed by atoms with Gasteiger partial charge in [-0.15, -0.1) is 0 Å². The van der Waals surface area contributed by atoms with Crippen molar-refractivity contribution < 1.29 is 0 Å². The third-order valence-electron chi connectivity index (χ3n) is 2.51. The number of para-hydroxylation sites is 1. The molecule has 0 unspecified atom stereocenters. The Morgan fingerprint density at radius 1 is 1.20 bits per heavy atom. The number of pyridine rings is 1. The highest BCUT2D eigenvalue weighted by molar-refractivity contribution is 6.07. The first-order valence-electron chi connectivity index (χ1n) is 4.73. The molecule has 4 heteroatoms. The van der Waals surface area contributed by atoms with Crippen molar-refractivity contribution in [1.29, 1.82) is 0 Å². The lowest BCUT2D eigenvalue weighted by atomic mass is 10.1.